The second-order valence-corrected chi connectivity index (χ2v) is 5.15. The summed E-state index contributed by atoms with van der Waals surface area (Å²) in [7, 11) is 0. The van der Waals surface area contributed by atoms with Crippen molar-refractivity contribution in [3.63, 3.8) is 0 Å². The summed E-state index contributed by atoms with van der Waals surface area (Å²) in [6, 6.07) is 1.24. The predicted octanol–water partition coefficient (Wildman–Crippen LogP) is 2.59. The molecule has 1 aromatic carbocycles. The number of aromatic hydroxyl groups is 1. The van der Waals surface area contributed by atoms with Crippen LogP contribution in [0.4, 0.5) is 8.78 Å². The summed E-state index contributed by atoms with van der Waals surface area (Å²) in [5.74, 6) is -3.58. The largest absolute Gasteiger partial charge is 0.507 e. The molecule has 0 radical (unpaired) electrons. The number of amides is 1. The molecule has 0 aliphatic carbocycles. The van der Waals surface area contributed by atoms with E-state index in [2.05, 4.69) is 5.32 Å². The number of halogens is 2. The Morgan fingerprint density at radius 2 is 1.90 bits per heavy atom. The van der Waals surface area contributed by atoms with Gasteiger partial charge in [-0.15, -0.1) is 0 Å². The average Bonchev–Trinajstić information content (AvgIpc) is 2.42. The molecule has 3 N–H and O–H groups in total. The lowest BCUT2D eigenvalue weighted by Gasteiger charge is -2.31. The molecule has 0 atom stereocenters. The van der Waals surface area contributed by atoms with E-state index in [-0.39, 0.29) is 18.6 Å². The molecule has 0 aliphatic heterocycles. The number of rotatable bonds is 7. The number of phenolic OH excluding ortho intramolecular Hbond substituents is 1. The smallest absolute Gasteiger partial charge is 0.258 e. The second kappa shape index (κ2) is 7.36. The molecule has 21 heavy (non-hydrogen) atoms. The average molecular weight is 301 g/mol. The first-order valence-electron chi connectivity index (χ1n) is 6.96. The summed E-state index contributed by atoms with van der Waals surface area (Å²) in [6.07, 6.45) is 1.99. The maximum atomic E-state index is 13.6. The Morgan fingerprint density at radius 1 is 1.29 bits per heavy atom. The van der Waals surface area contributed by atoms with Crippen molar-refractivity contribution in [1.29, 1.82) is 0 Å². The van der Waals surface area contributed by atoms with Crippen molar-refractivity contribution in [2.24, 2.45) is 5.41 Å². The lowest BCUT2D eigenvalue weighted by atomic mass is 9.79. The van der Waals surface area contributed by atoms with Gasteiger partial charge in [-0.1, -0.05) is 13.8 Å². The topological polar surface area (TPSA) is 69.6 Å². The van der Waals surface area contributed by atoms with Crippen LogP contribution in [0.2, 0.25) is 0 Å². The quantitative estimate of drug-likeness (QED) is 0.725. The lowest BCUT2D eigenvalue weighted by Crippen LogP contribution is -2.38. The molecule has 0 fully saturated rings. The highest BCUT2D eigenvalue weighted by atomic mass is 19.1. The second-order valence-electron chi connectivity index (χ2n) is 5.15. The van der Waals surface area contributed by atoms with Gasteiger partial charge in [0.2, 0.25) is 0 Å². The third kappa shape index (κ3) is 4.14. The van der Waals surface area contributed by atoms with Gasteiger partial charge >= 0.3 is 0 Å². The Hall–Kier alpha value is -1.69. The molecule has 1 rings (SSSR count). The summed E-state index contributed by atoms with van der Waals surface area (Å²) in [5.41, 5.74) is -0.849. The molecule has 0 spiro atoms. The van der Waals surface area contributed by atoms with E-state index in [9.17, 15) is 18.7 Å². The first kappa shape index (κ1) is 17.4. The molecule has 0 saturated heterocycles. The third-order valence-corrected chi connectivity index (χ3v) is 4.03. The van der Waals surface area contributed by atoms with Gasteiger partial charge in [0.25, 0.3) is 5.91 Å². The van der Waals surface area contributed by atoms with Crippen LogP contribution in [-0.4, -0.2) is 29.3 Å². The Balaban J connectivity index is 2.87. The highest BCUT2D eigenvalue weighted by molar-refractivity contribution is 5.97. The standard InChI is InChI=1S/C15H21F2NO3/c1-3-15(4-2,5-6-19)9-18-14(21)13-11(17)7-10(16)8-12(13)20/h7-8,19-20H,3-6,9H2,1-2H3,(H,18,21). The Morgan fingerprint density at radius 3 is 2.38 bits per heavy atom. The van der Waals surface area contributed by atoms with Crippen molar-refractivity contribution in [2.45, 2.75) is 33.1 Å². The first-order valence-corrected chi connectivity index (χ1v) is 6.96. The maximum absolute atomic E-state index is 13.6. The molecule has 0 aliphatic rings. The molecular formula is C15H21F2NO3. The fourth-order valence-electron chi connectivity index (χ4n) is 2.32. The lowest BCUT2D eigenvalue weighted by molar-refractivity contribution is 0.0900. The van der Waals surface area contributed by atoms with Gasteiger partial charge in [0.05, 0.1) is 0 Å². The van der Waals surface area contributed by atoms with Crippen LogP contribution in [0.1, 0.15) is 43.5 Å². The van der Waals surface area contributed by atoms with Gasteiger partial charge in [0.15, 0.2) is 0 Å². The van der Waals surface area contributed by atoms with E-state index in [1.165, 1.54) is 0 Å². The SMILES string of the molecule is CCC(CC)(CCO)CNC(=O)c1c(O)cc(F)cc1F. The van der Waals surface area contributed by atoms with Crippen LogP contribution < -0.4 is 5.32 Å². The third-order valence-electron chi connectivity index (χ3n) is 4.03. The number of phenols is 1. The van der Waals surface area contributed by atoms with Crippen molar-refractivity contribution in [1.82, 2.24) is 5.32 Å². The minimum absolute atomic E-state index is 0.00624. The van der Waals surface area contributed by atoms with Crippen LogP contribution in [0.15, 0.2) is 12.1 Å². The van der Waals surface area contributed by atoms with Gasteiger partial charge in [-0.05, 0) is 24.7 Å². The van der Waals surface area contributed by atoms with Crippen LogP contribution in [0.5, 0.6) is 5.75 Å². The van der Waals surface area contributed by atoms with Gasteiger partial charge in [-0.25, -0.2) is 8.78 Å². The highest BCUT2D eigenvalue weighted by Gasteiger charge is 2.27. The maximum Gasteiger partial charge on any atom is 0.258 e. The van der Waals surface area contributed by atoms with Crippen LogP contribution >= 0.6 is 0 Å². The molecular weight excluding hydrogens is 280 g/mol. The molecule has 0 unspecified atom stereocenters. The number of benzene rings is 1. The number of aliphatic hydroxyl groups is 1. The molecule has 0 saturated carbocycles. The fourth-order valence-corrected chi connectivity index (χ4v) is 2.32. The van der Waals surface area contributed by atoms with E-state index in [4.69, 9.17) is 5.11 Å². The fraction of sp³-hybridized carbons (Fsp3) is 0.533. The van der Waals surface area contributed by atoms with Gasteiger partial charge in [-0.2, -0.15) is 0 Å². The van der Waals surface area contributed by atoms with Crippen LogP contribution in [0.25, 0.3) is 0 Å². The Labute approximate surface area is 122 Å². The number of hydrogen-bond acceptors (Lipinski definition) is 3. The minimum atomic E-state index is -1.11. The number of nitrogens with one attached hydrogen (secondary N) is 1. The molecule has 1 amide bonds. The van der Waals surface area contributed by atoms with Gasteiger partial charge in [0.1, 0.15) is 22.9 Å². The van der Waals surface area contributed by atoms with Crippen molar-refractivity contribution < 1.29 is 23.8 Å². The molecule has 1 aromatic rings. The molecule has 0 bridgehead atoms. The number of aliphatic hydroxyl groups excluding tert-OH is 1. The van der Waals surface area contributed by atoms with Crippen molar-refractivity contribution in [3.05, 3.63) is 29.3 Å². The summed E-state index contributed by atoms with van der Waals surface area (Å²) >= 11 is 0. The zero-order valence-corrected chi connectivity index (χ0v) is 12.2. The van der Waals surface area contributed by atoms with Crippen molar-refractivity contribution in [2.75, 3.05) is 13.2 Å². The van der Waals surface area contributed by atoms with E-state index < -0.39 is 28.9 Å². The van der Waals surface area contributed by atoms with Crippen LogP contribution in [0.3, 0.4) is 0 Å². The van der Waals surface area contributed by atoms with Crippen LogP contribution in [0, 0.1) is 17.0 Å². The van der Waals surface area contributed by atoms with E-state index in [1.807, 2.05) is 13.8 Å². The summed E-state index contributed by atoms with van der Waals surface area (Å²) in [5, 5.41) is 21.2. The normalized spacial score (nSPS) is 11.5. The van der Waals surface area contributed by atoms with Crippen LogP contribution in [-0.2, 0) is 0 Å². The summed E-state index contributed by atoms with van der Waals surface area (Å²) in [6.45, 7) is 4.13. The first-order chi connectivity index (χ1) is 9.89. The van der Waals surface area contributed by atoms with Crippen molar-refractivity contribution >= 4 is 5.91 Å². The van der Waals surface area contributed by atoms with E-state index in [1.54, 1.807) is 0 Å². The zero-order chi connectivity index (χ0) is 16.0. The monoisotopic (exact) mass is 301 g/mol. The predicted molar refractivity (Wildman–Crippen MR) is 75.1 cm³/mol. The Bertz CT molecular complexity index is 479. The van der Waals surface area contributed by atoms with E-state index in [0.717, 1.165) is 12.8 Å². The van der Waals surface area contributed by atoms with E-state index >= 15 is 0 Å². The molecule has 4 nitrogen and oxygen atoms in total. The number of carbonyl (C=O) groups is 1. The number of hydrogen-bond donors (Lipinski definition) is 3. The van der Waals surface area contributed by atoms with Gasteiger partial charge in [0, 0.05) is 25.3 Å². The molecule has 0 heterocycles. The van der Waals surface area contributed by atoms with Gasteiger partial charge in [-0.3, -0.25) is 4.79 Å². The Kier molecular flexibility index (Phi) is 6.08. The highest BCUT2D eigenvalue weighted by Crippen LogP contribution is 2.30. The molecule has 6 heteroatoms. The van der Waals surface area contributed by atoms with Gasteiger partial charge < -0.3 is 15.5 Å². The molecule has 0 aromatic heterocycles. The molecule has 118 valence electrons. The number of carbonyl (C=O) groups excluding carboxylic acids is 1. The van der Waals surface area contributed by atoms with E-state index in [0.29, 0.717) is 18.6 Å². The summed E-state index contributed by atoms with van der Waals surface area (Å²) < 4.78 is 26.5. The minimum Gasteiger partial charge on any atom is -0.507 e. The zero-order valence-electron chi connectivity index (χ0n) is 12.2. The summed E-state index contributed by atoms with van der Waals surface area (Å²) in [4.78, 5) is 12.0. The van der Waals surface area contributed by atoms with Crippen molar-refractivity contribution in [3.8, 4) is 5.75 Å².